The zero-order valence-corrected chi connectivity index (χ0v) is 9.45. The highest BCUT2D eigenvalue weighted by molar-refractivity contribution is 5.57. The van der Waals surface area contributed by atoms with Gasteiger partial charge in [0.1, 0.15) is 5.75 Å². The molecule has 1 aliphatic rings. The van der Waals surface area contributed by atoms with E-state index < -0.39 is 28.1 Å². The third kappa shape index (κ3) is 2.12. The molecule has 0 N–H and O–H groups in total. The lowest BCUT2D eigenvalue weighted by Gasteiger charge is -2.15. The molecule has 4 nitrogen and oxygen atoms in total. The molecular weight excluding hydrogens is 251 g/mol. The molecule has 0 aliphatic heterocycles. The first kappa shape index (κ1) is 12.7. The molecule has 18 heavy (non-hydrogen) atoms. The molecule has 2 rings (SSSR count). The first-order valence-electron chi connectivity index (χ1n) is 5.28. The number of nitrogens with zero attached hydrogens (tertiary/aromatic N) is 1. The van der Waals surface area contributed by atoms with E-state index in [1.807, 2.05) is 0 Å². The Morgan fingerprint density at radius 1 is 1.39 bits per heavy atom. The Morgan fingerprint density at radius 2 is 2.00 bits per heavy atom. The molecule has 1 aromatic rings. The highest BCUT2D eigenvalue weighted by Crippen LogP contribution is 2.50. The van der Waals surface area contributed by atoms with Crippen LogP contribution in [0, 0.1) is 10.1 Å². The molecule has 0 amide bonds. The van der Waals surface area contributed by atoms with E-state index in [4.69, 9.17) is 4.74 Å². The second-order valence-electron chi connectivity index (χ2n) is 4.11. The van der Waals surface area contributed by atoms with Crippen LogP contribution in [0.1, 0.15) is 29.9 Å². The highest BCUT2D eigenvalue weighted by atomic mass is 19.4. The molecule has 0 bridgehead atoms. The number of rotatable bonds is 3. The van der Waals surface area contributed by atoms with Crippen molar-refractivity contribution in [2.75, 3.05) is 7.11 Å². The summed E-state index contributed by atoms with van der Waals surface area (Å²) in [6.07, 6.45) is -3.24. The average Bonchev–Trinajstić information content (AvgIpc) is 3.09. The van der Waals surface area contributed by atoms with Gasteiger partial charge in [0.2, 0.25) is 0 Å². The van der Waals surface area contributed by atoms with E-state index in [2.05, 4.69) is 0 Å². The third-order valence-electron chi connectivity index (χ3n) is 2.87. The Balaban J connectivity index is 2.68. The predicted molar refractivity (Wildman–Crippen MR) is 56.6 cm³/mol. The van der Waals surface area contributed by atoms with Gasteiger partial charge in [-0.15, -0.1) is 0 Å². The zero-order valence-electron chi connectivity index (χ0n) is 9.45. The van der Waals surface area contributed by atoms with Gasteiger partial charge in [-0.05, 0) is 30.4 Å². The molecule has 0 radical (unpaired) electrons. The predicted octanol–water partition coefficient (Wildman–Crippen LogP) is 3.50. The van der Waals surface area contributed by atoms with Gasteiger partial charge in [0, 0.05) is 6.07 Å². The molecule has 1 aliphatic carbocycles. The number of benzene rings is 1. The second kappa shape index (κ2) is 4.15. The molecule has 1 fully saturated rings. The van der Waals surface area contributed by atoms with E-state index in [-0.39, 0.29) is 5.92 Å². The second-order valence-corrected chi connectivity index (χ2v) is 4.11. The zero-order chi connectivity index (χ0) is 13.5. The van der Waals surface area contributed by atoms with Crippen molar-refractivity contribution in [3.63, 3.8) is 0 Å². The van der Waals surface area contributed by atoms with Crippen LogP contribution in [-0.2, 0) is 6.18 Å². The van der Waals surface area contributed by atoms with Crippen LogP contribution in [-0.4, -0.2) is 12.0 Å². The average molecular weight is 261 g/mol. The van der Waals surface area contributed by atoms with E-state index in [0.29, 0.717) is 5.56 Å². The van der Waals surface area contributed by atoms with Crippen molar-refractivity contribution in [1.29, 1.82) is 0 Å². The lowest BCUT2D eigenvalue weighted by molar-refractivity contribution is -0.388. The first-order valence-corrected chi connectivity index (χ1v) is 5.28. The minimum atomic E-state index is -4.81. The van der Waals surface area contributed by atoms with Crippen LogP contribution in [0.15, 0.2) is 12.1 Å². The maximum Gasteiger partial charge on any atom is 0.426 e. The molecule has 0 atom stereocenters. The number of alkyl halides is 3. The number of methoxy groups -OCH3 is 1. The number of halogens is 3. The lowest BCUT2D eigenvalue weighted by Crippen LogP contribution is -2.12. The summed E-state index contributed by atoms with van der Waals surface area (Å²) in [7, 11) is 1.10. The van der Waals surface area contributed by atoms with Gasteiger partial charge in [0.15, 0.2) is 5.56 Å². The summed E-state index contributed by atoms with van der Waals surface area (Å²) in [5.74, 6) is -0.402. The number of hydrogen-bond donors (Lipinski definition) is 0. The Bertz CT molecular complexity index is 495. The van der Waals surface area contributed by atoms with Crippen LogP contribution in [0.25, 0.3) is 0 Å². The van der Waals surface area contributed by atoms with Gasteiger partial charge < -0.3 is 4.74 Å². The SMILES string of the molecule is COc1c(C2CC2)ccc([N+](=O)[O-])c1C(F)(F)F. The standard InChI is InChI=1S/C11H10F3NO3/c1-18-10-7(6-2-3-6)4-5-8(15(16)17)9(10)11(12,13)14/h4-6H,2-3H2,1H3. The molecule has 7 heteroatoms. The van der Waals surface area contributed by atoms with Gasteiger partial charge in [-0.1, -0.05) is 0 Å². The van der Waals surface area contributed by atoms with E-state index in [9.17, 15) is 23.3 Å². The van der Waals surface area contributed by atoms with Crippen LogP contribution in [0.4, 0.5) is 18.9 Å². The van der Waals surface area contributed by atoms with Crippen molar-refractivity contribution in [3.8, 4) is 5.75 Å². The van der Waals surface area contributed by atoms with Crippen LogP contribution in [0.5, 0.6) is 5.75 Å². The molecule has 0 spiro atoms. The smallest absolute Gasteiger partial charge is 0.426 e. The monoisotopic (exact) mass is 261 g/mol. The van der Waals surface area contributed by atoms with Crippen molar-refractivity contribution in [2.45, 2.75) is 24.9 Å². The van der Waals surface area contributed by atoms with Crippen molar-refractivity contribution in [1.82, 2.24) is 0 Å². The van der Waals surface area contributed by atoms with Crippen LogP contribution < -0.4 is 4.74 Å². The van der Waals surface area contributed by atoms with E-state index >= 15 is 0 Å². The Morgan fingerprint density at radius 3 is 2.39 bits per heavy atom. The summed E-state index contributed by atoms with van der Waals surface area (Å²) in [6.45, 7) is 0. The number of ether oxygens (including phenoxy) is 1. The Hall–Kier alpha value is -1.79. The molecule has 1 saturated carbocycles. The highest BCUT2D eigenvalue weighted by Gasteiger charge is 2.44. The molecule has 98 valence electrons. The molecule has 0 heterocycles. The molecule has 1 aromatic carbocycles. The Labute approximate surface area is 101 Å². The van der Waals surface area contributed by atoms with Gasteiger partial charge in [-0.3, -0.25) is 10.1 Å². The third-order valence-corrected chi connectivity index (χ3v) is 2.87. The summed E-state index contributed by atoms with van der Waals surface area (Å²) in [4.78, 5) is 9.64. The maximum atomic E-state index is 12.9. The van der Waals surface area contributed by atoms with Crippen LogP contribution in [0.2, 0.25) is 0 Å². The van der Waals surface area contributed by atoms with Gasteiger partial charge in [0.05, 0.1) is 12.0 Å². The fraction of sp³-hybridized carbons (Fsp3) is 0.455. The Kier molecular flexibility index (Phi) is 2.92. The maximum absolute atomic E-state index is 12.9. The molecule has 0 saturated heterocycles. The quantitative estimate of drug-likeness (QED) is 0.618. The van der Waals surface area contributed by atoms with Gasteiger partial charge in [-0.2, -0.15) is 13.2 Å². The number of hydrogen-bond acceptors (Lipinski definition) is 3. The summed E-state index contributed by atoms with van der Waals surface area (Å²) in [5.41, 5.74) is -1.86. The topological polar surface area (TPSA) is 52.4 Å². The van der Waals surface area contributed by atoms with Gasteiger partial charge in [0.25, 0.3) is 5.69 Å². The normalized spacial score (nSPS) is 15.6. The first-order chi connectivity index (χ1) is 8.36. The van der Waals surface area contributed by atoms with Crippen molar-refractivity contribution >= 4 is 5.69 Å². The summed E-state index contributed by atoms with van der Waals surface area (Å²) < 4.78 is 43.6. The number of nitro groups is 1. The van der Waals surface area contributed by atoms with Crippen LogP contribution in [0.3, 0.4) is 0 Å². The minimum Gasteiger partial charge on any atom is -0.496 e. The van der Waals surface area contributed by atoms with E-state index in [1.165, 1.54) is 6.07 Å². The minimum absolute atomic E-state index is 0.0156. The fourth-order valence-electron chi connectivity index (χ4n) is 1.95. The van der Waals surface area contributed by atoms with Crippen molar-refractivity contribution in [2.24, 2.45) is 0 Å². The van der Waals surface area contributed by atoms with Gasteiger partial charge in [-0.25, -0.2) is 0 Å². The van der Waals surface area contributed by atoms with Crippen molar-refractivity contribution < 1.29 is 22.8 Å². The summed E-state index contributed by atoms with van der Waals surface area (Å²) >= 11 is 0. The molecular formula is C11H10F3NO3. The van der Waals surface area contributed by atoms with E-state index in [1.54, 1.807) is 0 Å². The molecule has 0 aromatic heterocycles. The summed E-state index contributed by atoms with van der Waals surface area (Å²) in [5, 5.41) is 10.7. The summed E-state index contributed by atoms with van der Waals surface area (Å²) in [6, 6.07) is 2.25. The number of nitro benzene ring substituents is 1. The molecule has 0 unspecified atom stereocenters. The lowest BCUT2D eigenvalue weighted by atomic mass is 10.0. The van der Waals surface area contributed by atoms with Crippen LogP contribution >= 0.6 is 0 Å². The van der Waals surface area contributed by atoms with Crippen molar-refractivity contribution in [3.05, 3.63) is 33.4 Å². The van der Waals surface area contributed by atoms with Gasteiger partial charge >= 0.3 is 6.18 Å². The largest absolute Gasteiger partial charge is 0.496 e. The van der Waals surface area contributed by atoms with E-state index in [0.717, 1.165) is 26.0 Å². The fourth-order valence-corrected chi connectivity index (χ4v) is 1.95.